The Kier molecular flexibility index (Phi) is 53.9. The first-order valence-electron chi connectivity index (χ1n) is 28.1. The fraction of sp³-hybridized carbons (Fsp3) is 0.694. The van der Waals surface area contributed by atoms with Gasteiger partial charge in [-0.1, -0.05) is 271 Å². The van der Waals surface area contributed by atoms with Gasteiger partial charge in [0.2, 0.25) is 5.91 Å². The Bertz CT molecular complexity index is 1270. The maximum Gasteiger partial charge on any atom is 0.220 e. The van der Waals surface area contributed by atoms with Crippen molar-refractivity contribution in [3.8, 4) is 0 Å². The van der Waals surface area contributed by atoms with Crippen LogP contribution in [0.15, 0.2) is 109 Å². The molecule has 0 aliphatic carbocycles. The van der Waals surface area contributed by atoms with E-state index in [-0.39, 0.29) is 12.5 Å². The Balaban J connectivity index is 3.55. The van der Waals surface area contributed by atoms with Gasteiger partial charge in [-0.15, -0.1) is 0 Å². The topological polar surface area (TPSA) is 69.6 Å². The molecule has 0 spiro atoms. The van der Waals surface area contributed by atoms with E-state index in [0.717, 1.165) is 77.0 Å². The third-order valence-electron chi connectivity index (χ3n) is 12.2. The minimum atomic E-state index is -0.867. The molecule has 0 fully saturated rings. The smallest absolute Gasteiger partial charge is 0.220 e. The van der Waals surface area contributed by atoms with E-state index < -0.39 is 12.1 Å². The number of unbranched alkanes of at least 4 members (excludes halogenated alkanes) is 27. The molecular weight excluding hydrogens is 807 g/mol. The molecule has 66 heavy (non-hydrogen) atoms. The second-order valence-corrected chi connectivity index (χ2v) is 18.6. The third-order valence-corrected chi connectivity index (χ3v) is 12.2. The Morgan fingerprint density at radius 3 is 1.06 bits per heavy atom. The number of aliphatic hydroxyl groups excluding tert-OH is 2. The molecule has 3 N–H and O–H groups in total. The summed E-state index contributed by atoms with van der Waals surface area (Å²) in [6.07, 6.45) is 85.3. The number of hydrogen-bond donors (Lipinski definition) is 3. The van der Waals surface area contributed by atoms with Gasteiger partial charge in [-0.2, -0.15) is 0 Å². The fourth-order valence-electron chi connectivity index (χ4n) is 8.00. The summed E-state index contributed by atoms with van der Waals surface area (Å²) in [4.78, 5) is 12.5. The van der Waals surface area contributed by atoms with Gasteiger partial charge in [0.1, 0.15) is 0 Å². The molecule has 2 unspecified atom stereocenters. The van der Waals surface area contributed by atoms with Crippen LogP contribution in [0.4, 0.5) is 0 Å². The highest BCUT2D eigenvalue weighted by Crippen LogP contribution is 2.15. The first-order valence-corrected chi connectivity index (χ1v) is 28.1. The minimum Gasteiger partial charge on any atom is -0.394 e. The first kappa shape index (κ1) is 63.0. The van der Waals surface area contributed by atoms with E-state index in [1.165, 1.54) is 161 Å². The highest BCUT2D eigenvalue weighted by molar-refractivity contribution is 5.76. The molecule has 1 amide bonds. The Morgan fingerprint density at radius 2 is 0.682 bits per heavy atom. The molecule has 0 aliphatic rings. The Hall–Kier alpha value is -2.95. The van der Waals surface area contributed by atoms with Crippen molar-refractivity contribution >= 4 is 5.91 Å². The van der Waals surface area contributed by atoms with Crippen molar-refractivity contribution < 1.29 is 15.0 Å². The molecule has 0 aromatic heterocycles. The van der Waals surface area contributed by atoms with Gasteiger partial charge in [0.15, 0.2) is 0 Å². The number of aliphatic hydroxyl groups is 2. The molecule has 0 heterocycles. The van der Waals surface area contributed by atoms with Crippen LogP contribution in [-0.4, -0.2) is 34.9 Å². The Labute approximate surface area is 410 Å². The van der Waals surface area contributed by atoms with Crippen LogP contribution in [0.5, 0.6) is 0 Å². The quantitative estimate of drug-likeness (QED) is 0.0421. The molecule has 0 bridgehead atoms. The van der Waals surface area contributed by atoms with Gasteiger partial charge >= 0.3 is 0 Å². The average Bonchev–Trinajstić information content (AvgIpc) is 3.32. The predicted octanol–water partition coefficient (Wildman–Crippen LogP) is 18.7. The van der Waals surface area contributed by atoms with E-state index in [1.807, 2.05) is 6.08 Å². The summed E-state index contributed by atoms with van der Waals surface area (Å²) in [5.41, 5.74) is 0. The highest BCUT2D eigenvalue weighted by atomic mass is 16.3. The van der Waals surface area contributed by atoms with E-state index >= 15 is 0 Å². The van der Waals surface area contributed by atoms with E-state index in [1.54, 1.807) is 6.08 Å². The summed E-state index contributed by atoms with van der Waals surface area (Å²) in [6.45, 7) is 4.18. The van der Waals surface area contributed by atoms with Crippen molar-refractivity contribution in [3.05, 3.63) is 109 Å². The SMILES string of the molecule is CC/C=C\C/C=C\C/C=C\C/C=C\C/C=C\C/C=C\C/C=C\CCCCCCCCCCCCCCCCCC(=O)NC(CO)C(O)/C=C/CC/C=C/CCCCCCCCCCCCC. The lowest BCUT2D eigenvalue weighted by molar-refractivity contribution is -0.123. The van der Waals surface area contributed by atoms with Crippen molar-refractivity contribution in [2.45, 2.75) is 270 Å². The zero-order valence-electron chi connectivity index (χ0n) is 43.4. The van der Waals surface area contributed by atoms with Gasteiger partial charge in [0.25, 0.3) is 0 Å². The van der Waals surface area contributed by atoms with Crippen LogP contribution in [0.1, 0.15) is 258 Å². The van der Waals surface area contributed by atoms with Crippen molar-refractivity contribution in [1.82, 2.24) is 5.32 Å². The third kappa shape index (κ3) is 52.0. The standard InChI is InChI=1S/C62H107NO3/c1-3-5-7-9-11-13-15-17-19-21-22-23-24-25-26-27-28-29-30-31-32-33-34-35-36-37-38-39-40-42-44-46-48-50-52-54-56-58-62(66)63-60(59-64)61(65)57-55-53-51-49-47-45-43-41-20-18-16-14-12-10-8-6-4-2/h5,7,11,13,17,19,22-23,25-26,28-29,31-32,47,49,55,57,60-61,64-65H,3-4,6,8-10,12,14-16,18,20-21,24,27,30,33-46,48,50-54,56,58-59H2,1-2H3,(H,63,66)/b7-5-,13-11-,19-17-,23-22-,26-25-,29-28-,32-31-,49-47+,57-55+. The number of carbonyl (C=O) groups is 1. The minimum absolute atomic E-state index is 0.0765. The molecule has 0 aliphatic heterocycles. The molecule has 0 saturated carbocycles. The zero-order valence-corrected chi connectivity index (χ0v) is 43.4. The van der Waals surface area contributed by atoms with E-state index in [4.69, 9.17) is 0 Å². The summed E-state index contributed by atoms with van der Waals surface area (Å²) in [5.74, 6) is -0.0765. The largest absolute Gasteiger partial charge is 0.394 e. The lowest BCUT2D eigenvalue weighted by Gasteiger charge is -2.19. The molecule has 0 aromatic rings. The van der Waals surface area contributed by atoms with Gasteiger partial charge in [-0.25, -0.2) is 0 Å². The predicted molar refractivity (Wildman–Crippen MR) is 294 cm³/mol. The van der Waals surface area contributed by atoms with Gasteiger partial charge in [0, 0.05) is 6.42 Å². The molecule has 378 valence electrons. The van der Waals surface area contributed by atoms with Gasteiger partial charge in [-0.3, -0.25) is 4.79 Å². The number of nitrogens with one attached hydrogen (secondary N) is 1. The molecular formula is C62H107NO3. The number of allylic oxidation sites excluding steroid dienone is 17. The molecule has 0 saturated heterocycles. The molecule has 0 aromatic carbocycles. The van der Waals surface area contributed by atoms with Crippen molar-refractivity contribution in [3.63, 3.8) is 0 Å². The highest BCUT2D eigenvalue weighted by Gasteiger charge is 2.17. The first-order chi connectivity index (χ1) is 32.7. The summed E-state index contributed by atoms with van der Waals surface area (Å²) in [5, 5.41) is 23.1. The van der Waals surface area contributed by atoms with Crippen molar-refractivity contribution in [2.24, 2.45) is 0 Å². The number of amides is 1. The maximum absolute atomic E-state index is 12.5. The van der Waals surface area contributed by atoms with Crippen LogP contribution >= 0.6 is 0 Å². The normalized spacial score (nSPS) is 13.7. The van der Waals surface area contributed by atoms with Crippen LogP contribution < -0.4 is 5.32 Å². The summed E-state index contributed by atoms with van der Waals surface area (Å²) < 4.78 is 0. The summed E-state index contributed by atoms with van der Waals surface area (Å²) >= 11 is 0. The fourth-order valence-corrected chi connectivity index (χ4v) is 8.00. The van der Waals surface area contributed by atoms with E-state index in [2.05, 4.69) is 116 Å². The van der Waals surface area contributed by atoms with E-state index in [0.29, 0.717) is 6.42 Å². The lowest BCUT2D eigenvalue weighted by atomic mass is 10.0. The van der Waals surface area contributed by atoms with Crippen LogP contribution in [0, 0.1) is 0 Å². The van der Waals surface area contributed by atoms with Crippen molar-refractivity contribution in [1.29, 1.82) is 0 Å². The second-order valence-electron chi connectivity index (χ2n) is 18.6. The second kappa shape index (κ2) is 56.4. The van der Waals surface area contributed by atoms with Crippen LogP contribution in [0.25, 0.3) is 0 Å². The number of hydrogen-bond acceptors (Lipinski definition) is 3. The Morgan fingerprint density at radius 1 is 0.379 bits per heavy atom. The molecule has 0 radical (unpaired) electrons. The number of carbonyl (C=O) groups excluding carboxylic acids is 1. The molecule has 0 rings (SSSR count). The maximum atomic E-state index is 12.5. The summed E-state index contributed by atoms with van der Waals surface area (Å²) in [6, 6.07) is -0.644. The zero-order chi connectivity index (χ0) is 47.7. The van der Waals surface area contributed by atoms with Crippen LogP contribution in [0.3, 0.4) is 0 Å². The van der Waals surface area contributed by atoms with Crippen LogP contribution in [-0.2, 0) is 4.79 Å². The summed E-state index contributed by atoms with van der Waals surface area (Å²) in [7, 11) is 0. The molecule has 4 heteroatoms. The average molecular weight is 915 g/mol. The van der Waals surface area contributed by atoms with Gasteiger partial charge in [0.05, 0.1) is 18.8 Å². The van der Waals surface area contributed by atoms with Gasteiger partial charge in [-0.05, 0) is 89.9 Å². The monoisotopic (exact) mass is 914 g/mol. The lowest BCUT2D eigenvalue weighted by Crippen LogP contribution is -2.45. The van der Waals surface area contributed by atoms with E-state index in [9.17, 15) is 15.0 Å². The van der Waals surface area contributed by atoms with Crippen molar-refractivity contribution in [2.75, 3.05) is 6.61 Å². The molecule has 2 atom stereocenters. The van der Waals surface area contributed by atoms with Crippen LogP contribution in [0.2, 0.25) is 0 Å². The van der Waals surface area contributed by atoms with Gasteiger partial charge < -0.3 is 15.5 Å². The number of rotatable bonds is 50. The molecule has 4 nitrogen and oxygen atoms in total.